The Morgan fingerprint density at radius 2 is 0.849 bits per heavy atom. The highest BCUT2D eigenvalue weighted by molar-refractivity contribution is 5.70. The molecule has 0 saturated heterocycles. The maximum absolute atomic E-state index is 13.2. The van der Waals surface area contributed by atoms with E-state index < -0.39 is 0 Å². The summed E-state index contributed by atoms with van der Waals surface area (Å²) >= 11 is 0. The first-order chi connectivity index (χ1) is 35.6. The van der Waals surface area contributed by atoms with Crippen LogP contribution < -0.4 is 0 Å². The molecule has 4 aliphatic carbocycles. The van der Waals surface area contributed by atoms with Crippen molar-refractivity contribution >= 4 is 17.9 Å². The van der Waals surface area contributed by atoms with E-state index in [4.69, 9.17) is 23.7 Å². The van der Waals surface area contributed by atoms with Gasteiger partial charge < -0.3 is 28.6 Å². The van der Waals surface area contributed by atoms with E-state index in [-0.39, 0.29) is 40.4 Å². The molecule has 0 radical (unpaired) electrons. The summed E-state index contributed by atoms with van der Waals surface area (Å²) in [6.07, 6.45) is 49.9. The SMILES string of the molecule is CCCCCC/C=C\CCCCCCCC(=O)OCCCC12CCC3(CCCOC(=O)CCCN(CC)CC)CC(C1)CC(CCCOC(=O)CCC(OCCCCCCCC)OCCCCCCCC)(C2)C3. The van der Waals surface area contributed by atoms with Crippen LogP contribution in [0.5, 0.6) is 0 Å². The molecule has 0 aromatic carbocycles. The second-order valence-corrected chi connectivity index (χ2v) is 23.8. The summed E-state index contributed by atoms with van der Waals surface area (Å²) in [6, 6.07) is 0. The quantitative estimate of drug-likeness (QED) is 0.0194. The molecule has 0 aliphatic heterocycles. The minimum absolute atomic E-state index is 0.0281. The molecule has 9 nitrogen and oxygen atoms in total. The van der Waals surface area contributed by atoms with Gasteiger partial charge in [0.1, 0.15) is 0 Å². The standard InChI is InChI=1S/C64H117NO8/c1-6-11-14-17-20-21-22-23-24-25-26-27-30-37-58(66)69-49-34-41-62-44-45-63(42-35-50-70-59(67)38-33-46-65(9-4)10-5)53-57(52-62)54-64(55-62,56-63)43-36-51-71-60(68)39-40-61(72-47-31-28-18-15-12-7-2)73-48-32-29-19-16-13-8-3/h21-22,57,61H,6-20,23-56H2,1-5H3/b22-21-. The smallest absolute Gasteiger partial charge is 0.305 e. The number of nitrogens with zero attached hydrogens (tertiary/aromatic N) is 1. The van der Waals surface area contributed by atoms with Gasteiger partial charge in [-0.3, -0.25) is 14.4 Å². The van der Waals surface area contributed by atoms with E-state index in [0.717, 1.165) is 90.3 Å². The van der Waals surface area contributed by atoms with Gasteiger partial charge in [-0.1, -0.05) is 150 Å². The number of carbonyl (C=O) groups excluding carboxylic acids is 3. The second kappa shape index (κ2) is 41.2. The van der Waals surface area contributed by atoms with E-state index in [1.165, 1.54) is 167 Å². The van der Waals surface area contributed by atoms with Gasteiger partial charge in [-0.25, -0.2) is 0 Å². The van der Waals surface area contributed by atoms with Crippen LogP contribution in [0.1, 0.15) is 298 Å². The van der Waals surface area contributed by atoms with Crippen LogP contribution in [0.15, 0.2) is 12.2 Å². The maximum Gasteiger partial charge on any atom is 0.305 e. The van der Waals surface area contributed by atoms with E-state index in [1.54, 1.807) is 0 Å². The number of carbonyl (C=O) groups is 3. The highest BCUT2D eigenvalue weighted by Gasteiger charge is 2.58. The van der Waals surface area contributed by atoms with Gasteiger partial charge in [0.05, 0.1) is 26.2 Å². The first-order valence-electron chi connectivity index (χ1n) is 31.7. The molecule has 4 rings (SSSR count). The topological polar surface area (TPSA) is 101 Å². The lowest BCUT2D eigenvalue weighted by Gasteiger charge is -2.56. The van der Waals surface area contributed by atoms with Gasteiger partial charge in [-0.15, -0.1) is 0 Å². The molecule has 4 atom stereocenters. The van der Waals surface area contributed by atoms with Crippen molar-refractivity contribution in [2.45, 2.75) is 304 Å². The predicted molar refractivity (Wildman–Crippen MR) is 303 cm³/mol. The molecule has 426 valence electrons. The minimum atomic E-state index is -0.353. The summed E-state index contributed by atoms with van der Waals surface area (Å²) in [7, 11) is 0. The van der Waals surface area contributed by atoms with Crippen LogP contribution in [0.3, 0.4) is 0 Å². The highest BCUT2D eigenvalue weighted by Crippen LogP contribution is 2.69. The van der Waals surface area contributed by atoms with Crippen LogP contribution in [-0.4, -0.2) is 81.8 Å². The van der Waals surface area contributed by atoms with E-state index in [1.807, 2.05) is 0 Å². The lowest BCUT2D eigenvalue weighted by molar-refractivity contribution is -0.159. The number of hydrogen-bond acceptors (Lipinski definition) is 9. The summed E-state index contributed by atoms with van der Waals surface area (Å²) in [5.41, 5.74) is 0.766. The van der Waals surface area contributed by atoms with Crippen molar-refractivity contribution < 1.29 is 38.1 Å². The Labute approximate surface area is 450 Å². The third kappa shape index (κ3) is 29.9. The van der Waals surface area contributed by atoms with Crippen molar-refractivity contribution in [3.63, 3.8) is 0 Å². The number of fused-ring (bicyclic) bond motifs is 1. The Hall–Kier alpha value is -1.97. The highest BCUT2D eigenvalue weighted by atomic mass is 16.7. The third-order valence-electron chi connectivity index (χ3n) is 17.3. The molecule has 4 aliphatic rings. The Morgan fingerprint density at radius 1 is 0.452 bits per heavy atom. The van der Waals surface area contributed by atoms with Crippen molar-refractivity contribution in [1.82, 2.24) is 4.90 Å². The zero-order chi connectivity index (χ0) is 52.6. The summed E-state index contributed by atoms with van der Waals surface area (Å²) in [5, 5.41) is 0. The molecule has 0 heterocycles. The van der Waals surface area contributed by atoms with Crippen LogP contribution in [-0.2, 0) is 38.1 Å². The number of esters is 3. The van der Waals surface area contributed by atoms with Crippen molar-refractivity contribution in [3.8, 4) is 0 Å². The molecule has 9 heteroatoms. The van der Waals surface area contributed by atoms with Crippen LogP contribution >= 0.6 is 0 Å². The van der Waals surface area contributed by atoms with Crippen molar-refractivity contribution in [3.05, 3.63) is 12.2 Å². The Kier molecular flexibility index (Phi) is 36.8. The van der Waals surface area contributed by atoms with Gasteiger partial charge in [0.15, 0.2) is 6.29 Å². The molecule has 0 N–H and O–H groups in total. The van der Waals surface area contributed by atoms with Gasteiger partial charge in [-0.2, -0.15) is 0 Å². The van der Waals surface area contributed by atoms with Gasteiger partial charge in [0, 0.05) is 32.5 Å². The van der Waals surface area contributed by atoms with E-state index in [2.05, 4.69) is 51.7 Å². The largest absolute Gasteiger partial charge is 0.466 e. The van der Waals surface area contributed by atoms with Crippen molar-refractivity contribution in [1.29, 1.82) is 0 Å². The summed E-state index contributed by atoms with van der Waals surface area (Å²) in [5.74, 6) is 0.462. The van der Waals surface area contributed by atoms with Gasteiger partial charge in [0.2, 0.25) is 0 Å². The van der Waals surface area contributed by atoms with E-state index >= 15 is 0 Å². The number of rotatable bonds is 50. The molecule has 73 heavy (non-hydrogen) atoms. The lowest BCUT2D eigenvalue weighted by Crippen LogP contribution is -2.45. The number of allylic oxidation sites excluding steroid dienone is 2. The van der Waals surface area contributed by atoms with Gasteiger partial charge in [-0.05, 0) is 177 Å². The average molecular weight is 1030 g/mol. The molecule has 4 bridgehead atoms. The van der Waals surface area contributed by atoms with Crippen LogP contribution in [0.2, 0.25) is 0 Å². The Bertz CT molecular complexity index is 1400. The van der Waals surface area contributed by atoms with Crippen LogP contribution in [0.4, 0.5) is 0 Å². The van der Waals surface area contributed by atoms with Crippen molar-refractivity contribution in [2.75, 3.05) is 52.7 Å². The summed E-state index contributed by atoms with van der Waals surface area (Å²) in [4.78, 5) is 41.2. The first kappa shape index (κ1) is 65.3. The molecule has 0 aromatic rings. The number of ether oxygens (including phenoxy) is 5. The normalized spacial score (nSPS) is 21.4. The molecule has 4 saturated carbocycles. The first-order valence-corrected chi connectivity index (χ1v) is 31.7. The molecule has 0 amide bonds. The number of unbranched alkanes of at least 4 members (excludes halogenated alkanes) is 19. The summed E-state index contributed by atoms with van der Waals surface area (Å²) in [6.45, 7) is 16.9. The lowest BCUT2D eigenvalue weighted by atomic mass is 9.49. The zero-order valence-electron chi connectivity index (χ0n) is 48.7. The van der Waals surface area contributed by atoms with E-state index in [9.17, 15) is 14.4 Å². The van der Waals surface area contributed by atoms with Gasteiger partial charge >= 0.3 is 17.9 Å². The second-order valence-electron chi connectivity index (χ2n) is 23.8. The Morgan fingerprint density at radius 3 is 1.34 bits per heavy atom. The molecular weight excluding hydrogens is 911 g/mol. The predicted octanol–water partition coefficient (Wildman–Crippen LogP) is 17.5. The minimum Gasteiger partial charge on any atom is -0.466 e. The average Bonchev–Trinajstić information content (AvgIpc) is 3.55. The van der Waals surface area contributed by atoms with E-state index in [0.29, 0.717) is 64.6 Å². The molecule has 4 unspecified atom stereocenters. The fourth-order valence-corrected chi connectivity index (χ4v) is 13.6. The summed E-state index contributed by atoms with van der Waals surface area (Å²) < 4.78 is 30.2. The maximum atomic E-state index is 13.2. The molecular formula is C64H117NO8. The van der Waals surface area contributed by atoms with Crippen LogP contribution in [0.25, 0.3) is 0 Å². The van der Waals surface area contributed by atoms with Crippen LogP contribution in [0, 0.1) is 22.2 Å². The molecule has 0 aromatic heterocycles. The number of hydrogen-bond donors (Lipinski definition) is 0. The molecule has 0 spiro atoms. The Balaban J connectivity index is 1.49. The molecule has 4 fully saturated rings. The fraction of sp³-hybridized carbons (Fsp3) is 0.922. The van der Waals surface area contributed by atoms with Crippen molar-refractivity contribution in [2.24, 2.45) is 22.2 Å². The van der Waals surface area contributed by atoms with Gasteiger partial charge in [0.25, 0.3) is 0 Å². The monoisotopic (exact) mass is 1030 g/mol. The third-order valence-corrected chi connectivity index (χ3v) is 17.3. The fourth-order valence-electron chi connectivity index (χ4n) is 13.6. The zero-order valence-corrected chi connectivity index (χ0v) is 48.7.